The Bertz CT molecular complexity index is 15.0. The van der Waals surface area contributed by atoms with Crippen molar-refractivity contribution in [3.63, 3.8) is 0 Å². The minimum atomic E-state index is 0. The molecule has 0 aliphatic carbocycles. The Hall–Kier alpha value is 0.759. The summed E-state index contributed by atoms with van der Waals surface area (Å²) in [5, 5.41) is 0. The second-order valence-corrected chi connectivity index (χ2v) is 6.42. The fraction of sp³-hybridized carbons (Fsp3) is 1.00. The summed E-state index contributed by atoms with van der Waals surface area (Å²) in [7, 11) is 0. The van der Waals surface area contributed by atoms with Gasteiger partial charge in [-0.2, -0.15) is 0 Å². The minimum Gasteiger partial charge on any atom is -2.00 e. The third kappa shape index (κ3) is 8.83. The summed E-state index contributed by atoms with van der Waals surface area (Å²) in [4.78, 5) is 0. The van der Waals surface area contributed by atoms with Crippen molar-refractivity contribution in [2.75, 3.05) is 0 Å². The van der Waals surface area contributed by atoms with E-state index in [0.717, 1.165) is 0 Å². The largest absolute Gasteiger partial charge is 2.00 e. The van der Waals surface area contributed by atoms with Crippen molar-refractivity contribution in [3.05, 3.63) is 0 Å². The molecule has 0 aromatic carbocycles. The van der Waals surface area contributed by atoms with Crippen LogP contribution in [0, 0.1) is 0 Å². The van der Waals surface area contributed by atoms with Crippen LogP contribution in [-0.2, 0) is 5.48 Å². The second-order valence-electron chi connectivity index (χ2n) is 0.957. The zero-order valence-electron chi connectivity index (χ0n) is 4.32. The molecule has 0 radical (unpaired) electrons. The number of rotatable bonds is 2. The van der Waals surface area contributed by atoms with E-state index in [2.05, 4.69) is 13.8 Å². The first-order valence-electron chi connectivity index (χ1n) is 2.12. The van der Waals surface area contributed by atoms with E-state index in [4.69, 9.17) is 0 Å². The molecular formula is C4H10OSn. The van der Waals surface area contributed by atoms with E-state index in [-0.39, 0.29) is 26.6 Å². The van der Waals surface area contributed by atoms with Crippen molar-refractivity contribution in [2.24, 2.45) is 0 Å². The molecule has 0 aliphatic rings. The third-order valence-corrected chi connectivity index (χ3v) is 3.35. The number of hydrogen-bond acceptors (Lipinski definition) is 0. The van der Waals surface area contributed by atoms with Gasteiger partial charge in [-0.15, -0.1) is 0 Å². The van der Waals surface area contributed by atoms with Crippen LogP contribution < -0.4 is 0 Å². The van der Waals surface area contributed by atoms with Crippen LogP contribution >= 0.6 is 0 Å². The molecular weight excluding hydrogens is 183 g/mol. The Morgan fingerprint density at radius 2 is 1.50 bits per heavy atom. The van der Waals surface area contributed by atoms with Gasteiger partial charge in [0.25, 0.3) is 0 Å². The predicted octanol–water partition coefficient (Wildman–Crippen LogP) is 1.45. The summed E-state index contributed by atoms with van der Waals surface area (Å²) >= 11 is 0.218. The topological polar surface area (TPSA) is 28.5 Å². The molecule has 0 heterocycles. The average molecular weight is 193 g/mol. The van der Waals surface area contributed by atoms with Gasteiger partial charge in [-0.25, -0.2) is 0 Å². The van der Waals surface area contributed by atoms with Gasteiger partial charge in [0.1, 0.15) is 0 Å². The molecule has 36 valence electrons. The van der Waals surface area contributed by atoms with E-state index in [9.17, 15) is 0 Å². The SMILES string of the molecule is C[CH2][Sn+2][CH2]C.[O-2]. The molecule has 0 saturated heterocycles. The van der Waals surface area contributed by atoms with Crippen molar-refractivity contribution >= 4 is 21.1 Å². The molecule has 0 saturated carbocycles. The molecule has 0 rings (SSSR count). The van der Waals surface area contributed by atoms with E-state index in [1.54, 1.807) is 0 Å². The smallest absolute Gasteiger partial charge is 2.00 e. The average Bonchev–Trinajstić information content (AvgIpc) is 1.41. The van der Waals surface area contributed by atoms with Gasteiger partial charge in [-0.1, -0.05) is 0 Å². The van der Waals surface area contributed by atoms with Gasteiger partial charge in [0.05, 0.1) is 0 Å². The summed E-state index contributed by atoms with van der Waals surface area (Å²) in [6.45, 7) is 4.57. The first-order chi connectivity index (χ1) is 2.41. The summed E-state index contributed by atoms with van der Waals surface area (Å²) in [6.07, 6.45) is 0. The van der Waals surface area contributed by atoms with Gasteiger partial charge in [-0.05, 0) is 0 Å². The molecule has 0 aromatic rings. The monoisotopic (exact) mass is 194 g/mol. The Morgan fingerprint density at radius 1 is 1.17 bits per heavy atom. The molecule has 1 nitrogen and oxygen atoms in total. The van der Waals surface area contributed by atoms with E-state index >= 15 is 0 Å². The van der Waals surface area contributed by atoms with Crippen LogP contribution in [0.15, 0.2) is 0 Å². The summed E-state index contributed by atoms with van der Waals surface area (Å²) in [5.74, 6) is 0. The van der Waals surface area contributed by atoms with Crippen LogP contribution in [0.4, 0.5) is 0 Å². The molecule has 0 spiro atoms. The maximum Gasteiger partial charge on any atom is -2.00 e. The molecule has 0 unspecified atom stereocenters. The first-order valence-corrected chi connectivity index (χ1v) is 6.16. The quantitative estimate of drug-likeness (QED) is 0.593. The van der Waals surface area contributed by atoms with Gasteiger partial charge in [0.2, 0.25) is 0 Å². The number of hydrogen-bond donors (Lipinski definition) is 0. The predicted molar refractivity (Wildman–Crippen MR) is 27.4 cm³/mol. The summed E-state index contributed by atoms with van der Waals surface area (Å²) in [6, 6.07) is 0. The maximum atomic E-state index is 2.29. The van der Waals surface area contributed by atoms with Crippen LogP contribution in [0.25, 0.3) is 0 Å². The molecule has 0 bridgehead atoms. The Labute approximate surface area is 49.7 Å². The van der Waals surface area contributed by atoms with Gasteiger partial charge >= 0.3 is 43.9 Å². The molecule has 0 aromatic heterocycles. The fourth-order valence-electron chi connectivity index (χ4n) is 0.250. The maximum absolute atomic E-state index is 2.29. The molecule has 0 aliphatic heterocycles. The van der Waals surface area contributed by atoms with Crippen molar-refractivity contribution in [1.82, 2.24) is 0 Å². The minimum absolute atomic E-state index is 0. The molecule has 0 amide bonds. The van der Waals surface area contributed by atoms with E-state index in [0.29, 0.717) is 0 Å². The van der Waals surface area contributed by atoms with Crippen molar-refractivity contribution in [2.45, 2.75) is 22.7 Å². The molecule has 0 N–H and O–H groups in total. The Morgan fingerprint density at radius 3 is 1.50 bits per heavy atom. The zero-order valence-corrected chi connectivity index (χ0v) is 7.18. The molecule has 0 fully saturated rings. The first kappa shape index (κ1) is 9.90. The van der Waals surface area contributed by atoms with Crippen LogP contribution in [0.2, 0.25) is 8.87 Å². The second kappa shape index (κ2) is 9.23. The fourth-order valence-corrected chi connectivity index (χ4v) is 1.68. The van der Waals surface area contributed by atoms with Gasteiger partial charge in [0, 0.05) is 0 Å². The van der Waals surface area contributed by atoms with Gasteiger partial charge < -0.3 is 5.48 Å². The van der Waals surface area contributed by atoms with Crippen LogP contribution in [0.1, 0.15) is 13.8 Å². The normalized spacial score (nSPS) is 5.67. The molecule has 0 atom stereocenters. The Kier molecular flexibility index (Phi) is 15.2. The van der Waals surface area contributed by atoms with E-state index < -0.39 is 0 Å². The summed E-state index contributed by atoms with van der Waals surface area (Å²) < 4.78 is 3.03. The summed E-state index contributed by atoms with van der Waals surface area (Å²) in [5.41, 5.74) is 0. The van der Waals surface area contributed by atoms with E-state index in [1.807, 2.05) is 0 Å². The van der Waals surface area contributed by atoms with Crippen molar-refractivity contribution in [3.8, 4) is 0 Å². The Balaban J connectivity index is 0. The zero-order chi connectivity index (χ0) is 4.12. The van der Waals surface area contributed by atoms with Crippen LogP contribution in [-0.4, -0.2) is 21.1 Å². The van der Waals surface area contributed by atoms with Crippen LogP contribution in [0.5, 0.6) is 0 Å². The third-order valence-electron chi connectivity index (χ3n) is 0.500. The van der Waals surface area contributed by atoms with Gasteiger partial charge in [0.15, 0.2) is 0 Å². The molecule has 2 heteroatoms. The van der Waals surface area contributed by atoms with E-state index in [1.165, 1.54) is 8.87 Å². The van der Waals surface area contributed by atoms with Crippen LogP contribution in [0.3, 0.4) is 0 Å². The standard InChI is InChI=1S/2C2H5.O.Sn/c2*1-2;;/h2*1H2,2H3;;/q;;-2;+2. The van der Waals surface area contributed by atoms with Crippen molar-refractivity contribution < 1.29 is 5.48 Å². The molecule has 6 heavy (non-hydrogen) atoms. The van der Waals surface area contributed by atoms with Gasteiger partial charge in [-0.3, -0.25) is 0 Å². The van der Waals surface area contributed by atoms with Crippen molar-refractivity contribution in [1.29, 1.82) is 0 Å².